The Labute approximate surface area is 216 Å². The average Bonchev–Trinajstić information content (AvgIpc) is 3.31. The molecule has 7 heteroatoms. The Morgan fingerprint density at radius 2 is 1.68 bits per heavy atom. The zero-order valence-corrected chi connectivity index (χ0v) is 21.5. The largest absolute Gasteiger partial charge is 0.496 e. The summed E-state index contributed by atoms with van der Waals surface area (Å²) in [6, 6.07) is 25.0. The van der Waals surface area contributed by atoms with Crippen LogP contribution in [0.1, 0.15) is 34.1 Å². The number of aryl methyl sites for hydroxylation is 2. The number of para-hydroxylation sites is 1. The molecule has 1 atom stereocenters. The summed E-state index contributed by atoms with van der Waals surface area (Å²) < 4.78 is 7.10. The molecule has 5 rings (SSSR count). The van der Waals surface area contributed by atoms with Crippen molar-refractivity contribution < 1.29 is 14.3 Å². The number of fused-ring (bicyclic) bond motifs is 1. The second kappa shape index (κ2) is 9.58. The topological polar surface area (TPSA) is 76.5 Å². The fourth-order valence-corrected chi connectivity index (χ4v) is 5.03. The number of benzene rings is 3. The van der Waals surface area contributed by atoms with Gasteiger partial charge in [0, 0.05) is 23.4 Å². The lowest BCUT2D eigenvalue weighted by atomic mass is 9.93. The molecule has 7 nitrogen and oxygen atoms in total. The SMILES string of the molecule is COc1ccccc1CNC(=O)[C@@]1(C)Cn2nc(-c3ccccc3)cc2C(=O)N1c1cc(C)cc(C)c1. The molecule has 1 N–H and O–H groups in total. The number of nitrogens with one attached hydrogen (secondary N) is 1. The smallest absolute Gasteiger partial charge is 0.277 e. The van der Waals surface area contributed by atoms with Gasteiger partial charge in [-0.25, -0.2) is 0 Å². The second-order valence-electron chi connectivity index (χ2n) is 9.69. The van der Waals surface area contributed by atoms with Gasteiger partial charge < -0.3 is 10.1 Å². The molecular weight excluding hydrogens is 464 g/mol. The number of anilines is 1. The van der Waals surface area contributed by atoms with Gasteiger partial charge in [-0.05, 0) is 56.2 Å². The highest BCUT2D eigenvalue weighted by atomic mass is 16.5. The molecule has 0 saturated heterocycles. The summed E-state index contributed by atoms with van der Waals surface area (Å²) in [5, 5.41) is 7.78. The fraction of sp³-hybridized carbons (Fsp3) is 0.233. The van der Waals surface area contributed by atoms with E-state index in [1.54, 1.807) is 29.7 Å². The van der Waals surface area contributed by atoms with E-state index in [0.29, 0.717) is 22.8 Å². The van der Waals surface area contributed by atoms with E-state index in [1.807, 2.05) is 80.6 Å². The van der Waals surface area contributed by atoms with E-state index in [9.17, 15) is 9.59 Å². The third kappa shape index (κ3) is 4.48. The van der Waals surface area contributed by atoms with E-state index in [1.165, 1.54) is 0 Å². The van der Waals surface area contributed by atoms with E-state index in [-0.39, 0.29) is 24.9 Å². The molecule has 0 bridgehead atoms. The minimum absolute atomic E-state index is 0.214. The second-order valence-corrected chi connectivity index (χ2v) is 9.69. The van der Waals surface area contributed by atoms with Crippen molar-refractivity contribution in [2.24, 2.45) is 0 Å². The van der Waals surface area contributed by atoms with Gasteiger partial charge in [0.05, 0.1) is 19.3 Å². The van der Waals surface area contributed by atoms with Gasteiger partial charge in [-0.1, -0.05) is 54.6 Å². The number of aromatic nitrogens is 2. The molecule has 4 aromatic rings. The summed E-state index contributed by atoms with van der Waals surface area (Å²) in [4.78, 5) is 29.6. The Morgan fingerprint density at radius 3 is 2.38 bits per heavy atom. The Morgan fingerprint density at radius 1 is 1.00 bits per heavy atom. The number of ether oxygens (including phenoxy) is 1. The van der Waals surface area contributed by atoms with Crippen molar-refractivity contribution >= 4 is 17.5 Å². The molecule has 1 aromatic heterocycles. The maximum Gasteiger partial charge on any atom is 0.277 e. The third-order valence-electron chi connectivity index (χ3n) is 6.81. The van der Waals surface area contributed by atoms with Crippen molar-refractivity contribution in [1.82, 2.24) is 15.1 Å². The summed E-state index contributed by atoms with van der Waals surface area (Å²) in [5.41, 5.74) is 4.42. The van der Waals surface area contributed by atoms with Crippen molar-refractivity contribution in [3.63, 3.8) is 0 Å². The van der Waals surface area contributed by atoms with Crippen LogP contribution in [0.25, 0.3) is 11.3 Å². The van der Waals surface area contributed by atoms with Crippen molar-refractivity contribution in [3.8, 4) is 17.0 Å². The molecule has 1 aliphatic heterocycles. The third-order valence-corrected chi connectivity index (χ3v) is 6.81. The lowest BCUT2D eigenvalue weighted by Crippen LogP contribution is -2.64. The van der Waals surface area contributed by atoms with E-state index < -0.39 is 5.54 Å². The molecule has 0 aliphatic carbocycles. The lowest BCUT2D eigenvalue weighted by molar-refractivity contribution is -0.126. The van der Waals surface area contributed by atoms with Crippen LogP contribution in [0.3, 0.4) is 0 Å². The maximum atomic E-state index is 14.0. The summed E-state index contributed by atoms with van der Waals surface area (Å²) in [5.74, 6) is 0.162. The van der Waals surface area contributed by atoms with E-state index in [0.717, 1.165) is 22.3 Å². The molecule has 2 heterocycles. The quantitative estimate of drug-likeness (QED) is 0.413. The number of hydrogen-bond donors (Lipinski definition) is 1. The summed E-state index contributed by atoms with van der Waals surface area (Å²) >= 11 is 0. The van der Waals surface area contributed by atoms with Gasteiger partial charge >= 0.3 is 0 Å². The van der Waals surface area contributed by atoms with Crippen LogP contribution < -0.4 is 15.0 Å². The minimum atomic E-state index is -1.22. The molecule has 3 aromatic carbocycles. The zero-order chi connectivity index (χ0) is 26.2. The molecule has 0 saturated carbocycles. The number of carbonyl (C=O) groups is 2. The van der Waals surface area contributed by atoms with Gasteiger partial charge in [0.15, 0.2) is 0 Å². The molecular formula is C30H30N4O3. The Balaban J connectivity index is 1.56. The molecule has 37 heavy (non-hydrogen) atoms. The molecule has 0 spiro atoms. The molecule has 1 aliphatic rings. The van der Waals surface area contributed by atoms with Crippen LogP contribution >= 0.6 is 0 Å². The first-order valence-corrected chi connectivity index (χ1v) is 12.3. The molecule has 2 amide bonds. The van der Waals surface area contributed by atoms with Gasteiger partial charge in [-0.15, -0.1) is 0 Å². The first kappa shape index (κ1) is 24.3. The van der Waals surface area contributed by atoms with Gasteiger partial charge in [0.25, 0.3) is 5.91 Å². The van der Waals surface area contributed by atoms with Crippen LogP contribution in [-0.2, 0) is 17.9 Å². The summed E-state index contributed by atoms with van der Waals surface area (Å²) in [6.07, 6.45) is 0. The Hall–Kier alpha value is -4.39. The number of methoxy groups -OCH3 is 1. The minimum Gasteiger partial charge on any atom is -0.496 e. The van der Waals surface area contributed by atoms with Gasteiger partial charge in [-0.3, -0.25) is 19.2 Å². The molecule has 0 fully saturated rings. The summed E-state index contributed by atoms with van der Waals surface area (Å²) in [7, 11) is 1.60. The number of rotatable bonds is 6. The highest BCUT2D eigenvalue weighted by molar-refractivity contribution is 6.12. The molecule has 188 valence electrons. The van der Waals surface area contributed by atoms with Crippen LogP contribution in [0.15, 0.2) is 78.9 Å². The normalized spacial score (nSPS) is 16.9. The fourth-order valence-electron chi connectivity index (χ4n) is 5.03. The van der Waals surface area contributed by atoms with Crippen molar-refractivity contribution in [1.29, 1.82) is 0 Å². The monoisotopic (exact) mass is 494 g/mol. The predicted octanol–water partition coefficient (Wildman–Crippen LogP) is 4.91. The zero-order valence-electron chi connectivity index (χ0n) is 21.5. The maximum absolute atomic E-state index is 14.0. The van der Waals surface area contributed by atoms with Crippen molar-refractivity contribution in [2.75, 3.05) is 12.0 Å². The number of carbonyl (C=O) groups excluding carboxylic acids is 2. The van der Waals surface area contributed by atoms with Crippen LogP contribution in [0, 0.1) is 13.8 Å². The van der Waals surface area contributed by atoms with Gasteiger partial charge in [0.2, 0.25) is 5.91 Å². The number of amides is 2. The first-order valence-electron chi connectivity index (χ1n) is 12.3. The number of hydrogen-bond acceptors (Lipinski definition) is 4. The molecule has 0 radical (unpaired) electrons. The molecule has 0 unspecified atom stereocenters. The number of nitrogens with zero attached hydrogens (tertiary/aromatic N) is 3. The standard InChI is InChI=1S/C30H30N4O3/c1-20-14-21(2)16-24(15-20)34-28(35)26-17-25(22-10-6-5-7-11-22)32-33(26)19-30(34,3)29(36)31-18-23-12-8-9-13-27(23)37-4/h5-17H,18-19H2,1-4H3,(H,31,36)/t30-/m1/s1. The van der Waals surface area contributed by atoms with Gasteiger partial charge in [0.1, 0.15) is 17.0 Å². The van der Waals surface area contributed by atoms with Crippen molar-refractivity contribution in [2.45, 2.75) is 39.4 Å². The first-order chi connectivity index (χ1) is 17.8. The van der Waals surface area contributed by atoms with E-state index >= 15 is 0 Å². The van der Waals surface area contributed by atoms with Crippen LogP contribution in [0.4, 0.5) is 5.69 Å². The van der Waals surface area contributed by atoms with Crippen LogP contribution in [-0.4, -0.2) is 34.2 Å². The lowest BCUT2D eigenvalue weighted by Gasteiger charge is -2.43. The highest BCUT2D eigenvalue weighted by Crippen LogP contribution is 2.35. The summed E-state index contributed by atoms with van der Waals surface area (Å²) in [6.45, 7) is 6.26. The van der Waals surface area contributed by atoms with Crippen LogP contribution in [0.5, 0.6) is 5.75 Å². The van der Waals surface area contributed by atoms with Gasteiger partial charge in [-0.2, -0.15) is 5.10 Å². The highest BCUT2D eigenvalue weighted by Gasteiger charge is 2.49. The Kier molecular flexibility index (Phi) is 6.29. The van der Waals surface area contributed by atoms with Crippen LogP contribution in [0.2, 0.25) is 0 Å². The van der Waals surface area contributed by atoms with E-state index in [4.69, 9.17) is 9.84 Å². The van der Waals surface area contributed by atoms with E-state index in [2.05, 4.69) is 11.4 Å². The predicted molar refractivity (Wildman–Crippen MR) is 144 cm³/mol. The average molecular weight is 495 g/mol. The Bertz CT molecular complexity index is 1460. The van der Waals surface area contributed by atoms with Crippen molar-refractivity contribution in [3.05, 3.63) is 101 Å².